The summed E-state index contributed by atoms with van der Waals surface area (Å²) >= 11 is 0. The largest absolute Gasteiger partial charge is 0.496 e. The van der Waals surface area contributed by atoms with Crippen molar-refractivity contribution in [2.24, 2.45) is 0 Å². The van der Waals surface area contributed by atoms with Gasteiger partial charge in [-0.1, -0.05) is 6.07 Å². The molecule has 1 heterocycles. The fraction of sp³-hybridized carbons (Fsp3) is 0.143. The Morgan fingerprint density at radius 2 is 1.79 bits per heavy atom. The lowest BCUT2D eigenvalue weighted by atomic mass is 10.0. The minimum absolute atomic E-state index is 0.255. The van der Waals surface area contributed by atoms with Gasteiger partial charge in [0, 0.05) is 11.8 Å². The number of benzene rings is 1. The summed E-state index contributed by atoms with van der Waals surface area (Å²) in [5.41, 5.74) is 6.82. The molecule has 0 aliphatic heterocycles. The van der Waals surface area contributed by atoms with Crippen molar-refractivity contribution in [1.82, 2.24) is 4.98 Å². The third-order valence-corrected chi connectivity index (χ3v) is 2.75. The van der Waals surface area contributed by atoms with E-state index in [2.05, 4.69) is 4.98 Å². The molecular weight excluding hydrogens is 244 g/mol. The van der Waals surface area contributed by atoms with Crippen LogP contribution in [0.4, 0.5) is 5.69 Å². The summed E-state index contributed by atoms with van der Waals surface area (Å²) in [5.74, 6) is 0.635. The zero-order valence-electron chi connectivity index (χ0n) is 10.7. The Bertz CT molecular complexity index is 589. The molecule has 0 atom stereocenters. The van der Waals surface area contributed by atoms with Crippen LogP contribution in [0.3, 0.4) is 0 Å². The molecule has 2 N–H and O–H groups in total. The topological polar surface area (TPSA) is 74.4 Å². The van der Waals surface area contributed by atoms with Gasteiger partial charge in [0.1, 0.15) is 17.1 Å². The highest BCUT2D eigenvalue weighted by molar-refractivity contribution is 6.15. The monoisotopic (exact) mass is 258 g/mol. The minimum Gasteiger partial charge on any atom is -0.496 e. The van der Waals surface area contributed by atoms with E-state index in [0.29, 0.717) is 28.3 Å². The molecule has 0 saturated heterocycles. The summed E-state index contributed by atoms with van der Waals surface area (Å²) in [6.07, 6.45) is 2.96. The maximum Gasteiger partial charge on any atom is 0.202 e. The van der Waals surface area contributed by atoms with Crippen molar-refractivity contribution in [2.45, 2.75) is 0 Å². The molecule has 0 amide bonds. The summed E-state index contributed by atoms with van der Waals surface area (Å²) in [6.45, 7) is 0. The minimum atomic E-state index is -0.255. The molecule has 98 valence electrons. The van der Waals surface area contributed by atoms with Gasteiger partial charge in [0.05, 0.1) is 26.1 Å². The number of hydrogen-bond donors (Lipinski definition) is 1. The normalized spacial score (nSPS) is 10.0. The number of anilines is 1. The van der Waals surface area contributed by atoms with Crippen molar-refractivity contribution in [3.8, 4) is 11.5 Å². The molecule has 0 bridgehead atoms. The first-order chi connectivity index (χ1) is 9.19. The molecule has 0 aliphatic rings. The van der Waals surface area contributed by atoms with Gasteiger partial charge in [-0.25, -0.2) is 0 Å². The van der Waals surface area contributed by atoms with E-state index in [9.17, 15) is 4.79 Å². The van der Waals surface area contributed by atoms with Gasteiger partial charge < -0.3 is 15.2 Å². The number of pyridine rings is 1. The van der Waals surface area contributed by atoms with Gasteiger partial charge in [0.15, 0.2) is 0 Å². The van der Waals surface area contributed by atoms with Gasteiger partial charge >= 0.3 is 0 Å². The Morgan fingerprint density at radius 1 is 1.16 bits per heavy atom. The third-order valence-electron chi connectivity index (χ3n) is 2.75. The predicted molar refractivity (Wildman–Crippen MR) is 71.6 cm³/mol. The second kappa shape index (κ2) is 5.39. The van der Waals surface area contributed by atoms with Crippen LogP contribution in [-0.4, -0.2) is 25.0 Å². The molecule has 0 spiro atoms. The SMILES string of the molecule is COc1cccc(OC)c1C(=O)c1ccncc1N. The van der Waals surface area contributed by atoms with Gasteiger partial charge in [-0.15, -0.1) is 0 Å². The molecule has 0 radical (unpaired) electrons. The first-order valence-corrected chi connectivity index (χ1v) is 5.64. The predicted octanol–water partition coefficient (Wildman–Crippen LogP) is 1.91. The van der Waals surface area contributed by atoms with E-state index >= 15 is 0 Å². The number of nitrogen functional groups attached to an aromatic ring is 1. The van der Waals surface area contributed by atoms with Crippen LogP contribution < -0.4 is 15.2 Å². The zero-order valence-corrected chi connectivity index (χ0v) is 10.7. The van der Waals surface area contributed by atoms with E-state index < -0.39 is 0 Å². The molecule has 2 aromatic rings. The average molecular weight is 258 g/mol. The average Bonchev–Trinajstić information content (AvgIpc) is 2.46. The number of carbonyl (C=O) groups excluding carboxylic acids is 1. The molecule has 1 aromatic carbocycles. The molecule has 0 saturated carbocycles. The lowest BCUT2D eigenvalue weighted by Gasteiger charge is -2.12. The number of methoxy groups -OCH3 is 2. The van der Waals surface area contributed by atoms with E-state index in [4.69, 9.17) is 15.2 Å². The van der Waals surface area contributed by atoms with Crippen molar-refractivity contribution in [1.29, 1.82) is 0 Å². The highest BCUT2D eigenvalue weighted by atomic mass is 16.5. The Kier molecular flexibility index (Phi) is 3.66. The van der Waals surface area contributed by atoms with Crippen LogP contribution in [0.5, 0.6) is 11.5 Å². The summed E-state index contributed by atoms with van der Waals surface area (Å²) in [5, 5.41) is 0. The highest BCUT2D eigenvalue weighted by Gasteiger charge is 2.21. The lowest BCUT2D eigenvalue weighted by Crippen LogP contribution is -2.09. The molecule has 5 nitrogen and oxygen atoms in total. The summed E-state index contributed by atoms with van der Waals surface area (Å²) in [7, 11) is 3.00. The first-order valence-electron chi connectivity index (χ1n) is 5.64. The number of hydrogen-bond acceptors (Lipinski definition) is 5. The Labute approximate surface area is 111 Å². The number of carbonyl (C=O) groups is 1. The molecule has 2 rings (SSSR count). The Balaban J connectivity index is 2.58. The van der Waals surface area contributed by atoms with Crippen molar-refractivity contribution >= 4 is 11.5 Å². The summed E-state index contributed by atoms with van der Waals surface area (Å²) in [4.78, 5) is 16.4. The molecule has 0 fully saturated rings. The molecule has 5 heteroatoms. The standard InChI is InChI=1S/C14H14N2O3/c1-18-11-4-3-5-12(19-2)13(11)14(17)9-6-7-16-8-10(9)15/h3-8H,15H2,1-2H3. The summed E-state index contributed by atoms with van der Waals surface area (Å²) in [6, 6.07) is 6.73. The van der Waals surface area contributed by atoms with Crippen LogP contribution in [0.1, 0.15) is 15.9 Å². The van der Waals surface area contributed by atoms with Gasteiger partial charge in [0.2, 0.25) is 5.78 Å². The molecular formula is C14H14N2O3. The van der Waals surface area contributed by atoms with Crippen LogP contribution in [-0.2, 0) is 0 Å². The van der Waals surface area contributed by atoms with Gasteiger partial charge in [0.25, 0.3) is 0 Å². The van der Waals surface area contributed by atoms with E-state index in [1.165, 1.54) is 26.6 Å². The summed E-state index contributed by atoms with van der Waals surface area (Å²) < 4.78 is 10.4. The lowest BCUT2D eigenvalue weighted by molar-refractivity contribution is 0.103. The van der Waals surface area contributed by atoms with Crippen LogP contribution in [0.2, 0.25) is 0 Å². The maximum absolute atomic E-state index is 12.6. The Morgan fingerprint density at radius 3 is 2.32 bits per heavy atom. The van der Waals surface area contributed by atoms with Crippen LogP contribution in [0.15, 0.2) is 36.7 Å². The molecule has 19 heavy (non-hydrogen) atoms. The van der Waals surface area contributed by atoms with Crippen LogP contribution in [0.25, 0.3) is 0 Å². The number of aromatic nitrogens is 1. The van der Waals surface area contributed by atoms with Crippen molar-refractivity contribution < 1.29 is 14.3 Å². The quantitative estimate of drug-likeness (QED) is 0.848. The molecule has 0 unspecified atom stereocenters. The molecule has 0 aliphatic carbocycles. The van der Waals surface area contributed by atoms with E-state index in [1.54, 1.807) is 24.3 Å². The second-order valence-corrected chi connectivity index (χ2v) is 3.83. The second-order valence-electron chi connectivity index (χ2n) is 3.83. The smallest absolute Gasteiger partial charge is 0.202 e. The zero-order chi connectivity index (χ0) is 13.8. The van der Waals surface area contributed by atoms with E-state index in [-0.39, 0.29) is 5.78 Å². The number of ketones is 1. The van der Waals surface area contributed by atoms with Gasteiger partial charge in [-0.05, 0) is 18.2 Å². The molecule has 1 aromatic heterocycles. The Hall–Kier alpha value is -2.56. The fourth-order valence-corrected chi connectivity index (χ4v) is 1.82. The van der Waals surface area contributed by atoms with Crippen molar-refractivity contribution in [2.75, 3.05) is 20.0 Å². The number of rotatable bonds is 4. The van der Waals surface area contributed by atoms with E-state index in [1.807, 2.05) is 0 Å². The number of nitrogens with zero attached hydrogens (tertiary/aromatic N) is 1. The van der Waals surface area contributed by atoms with Gasteiger partial charge in [-0.2, -0.15) is 0 Å². The number of ether oxygens (including phenoxy) is 2. The van der Waals surface area contributed by atoms with Crippen molar-refractivity contribution in [3.05, 3.63) is 47.8 Å². The maximum atomic E-state index is 12.6. The third kappa shape index (κ3) is 2.35. The first kappa shape index (κ1) is 12.9. The van der Waals surface area contributed by atoms with E-state index in [0.717, 1.165) is 0 Å². The number of nitrogens with two attached hydrogens (primary N) is 1. The van der Waals surface area contributed by atoms with Gasteiger partial charge in [-0.3, -0.25) is 9.78 Å². The van der Waals surface area contributed by atoms with Crippen LogP contribution >= 0.6 is 0 Å². The van der Waals surface area contributed by atoms with Crippen molar-refractivity contribution in [3.63, 3.8) is 0 Å². The highest BCUT2D eigenvalue weighted by Crippen LogP contribution is 2.31. The van der Waals surface area contributed by atoms with Crippen LogP contribution in [0, 0.1) is 0 Å². The fourth-order valence-electron chi connectivity index (χ4n) is 1.82.